The maximum absolute atomic E-state index is 12.7. The SMILES string of the molecule is N#Cc1ccc(N2CCN(S(=O)(=O)N3CCOCC3)CC2)c(Br)c1. The molecule has 2 aliphatic heterocycles. The van der Waals surface area contributed by atoms with Gasteiger partial charge in [0.15, 0.2) is 0 Å². The highest BCUT2D eigenvalue weighted by Crippen LogP contribution is 2.28. The lowest BCUT2D eigenvalue weighted by atomic mass is 10.2. The third-order valence-corrected chi connectivity index (χ3v) is 6.95. The molecule has 0 spiro atoms. The lowest BCUT2D eigenvalue weighted by Gasteiger charge is -2.38. The largest absolute Gasteiger partial charge is 0.379 e. The minimum Gasteiger partial charge on any atom is -0.379 e. The third kappa shape index (κ3) is 3.58. The normalized spacial score (nSPS) is 20.8. The summed E-state index contributed by atoms with van der Waals surface area (Å²) in [6, 6.07) is 7.57. The second-order valence-corrected chi connectivity index (χ2v) is 8.47. The van der Waals surface area contributed by atoms with E-state index in [1.54, 1.807) is 16.4 Å². The highest BCUT2D eigenvalue weighted by Gasteiger charge is 2.33. The summed E-state index contributed by atoms with van der Waals surface area (Å²) in [5.41, 5.74) is 1.58. The summed E-state index contributed by atoms with van der Waals surface area (Å²) in [7, 11) is -3.41. The number of nitrogens with zero attached hydrogens (tertiary/aromatic N) is 4. The number of nitriles is 1. The molecular weight excluding hydrogens is 396 g/mol. The van der Waals surface area contributed by atoms with Gasteiger partial charge in [-0.05, 0) is 34.1 Å². The van der Waals surface area contributed by atoms with E-state index in [2.05, 4.69) is 26.9 Å². The van der Waals surface area contributed by atoms with Gasteiger partial charge in [0.05, 0.1) is 30.5 Å². The number of rotatable bonds is 3. The van der Waals surface area contributed by atoms with Crippen molar-refractivity contribution < 1.29 is 13.2 Å². The molecular formula is C15H19BrN4O3S. The van der Waals surface area contributed by atoms with Gasteiger partial charge in [-0.3, -0.25) is 0 Å². The molecule has 0 aromatic heterocycles. The fraction of sp³-hybridized carbons (Fsp3) is 0.533. The molecule has 0 amide bonds. The van der Waals surface area contributed by atoms with Gasteiger partial charge in [0.1, 0.15) is 0 Å². The summed E-state index contributed by atoms with van der Waals surface area (Å²) in [5, 5.41) is 8.94. The Morgan fingerprint density at radius 3 is 2.25 bits per heavy atom. The van der Waals surface area contributed by atoms with E-state index in [4.69, 9.17) is 10.00 Å². The molecule has 9 heteroatoms. The zero-order valence-electron chi connectivity index (χ0n) is 13.2. The molecule has 2 fully saturated rings. The lowest BCUT2D eigenvalue weighted by Crippen LogP contribution is -2.55. The highest BCUT2D eigenvalue weighted by atomic mass is 79.9. The predicted molar refractivity (Wildman–Crippen MR) is 94.0 cm³/mol. The van der Waals surface area contributed by atoms with E-state index in [1.165, 1.54) is 4.31 Å². The Morgan fingerprint density at radius 2 is 1.67 bits per heavy atom. The van der Waals surface area contributed by atoms with Crippen LogP contribution in [0.25, 0.3) is 0 Å². The molecule has 1 aromatic carbocycles. The van der Waals surface area contributed by atoms with Crippen LogP contribution in [-0.2, 0) is 14.9 Å². The van der Waals surface area contributed by atoms with Crippen molar-refractivity contribution in [3.8, 4) is 6.07 Å². The fourth-order valence-electron chi connectivity index (χ4n) is 2.93. The first-order chi connectivity index (χ1) is 11.5. The van der Waals surface area contributed by atoms with E-state index < -0.39 is 10.2 Å². The minimum absolute atomic E-state index is 0.420. The van der Waals surface area contributed by atoms with E-state index in [1.807, 2.05) is 6.07 Å². The van der Waals surface area contributed by atoms with Crippen LogP contribution in [0.1, 0.15) is 5.56 Å². The summed E-state index contributed by atoms with van der Waals surface area (Å²) in [4.78, 5) is 2.14. The fourth-order valence-corrected chi connectivity index (χ4v) is 5.12. The second-order valence-electron chi connectivity index (χ2n) is 5.68. The van der Waals surface area contributed by atoms with Crippen molar-refractivity contribution in [2.75, 3.05) is 57.4 Å². The molecule has 1 aromatic rings. The second kappa shape index (κ2) is 7.37. The average Bonchev–Trinajstić information content (AvgIpc) is 2.62. The first-order valence-corrected chi connectivity index (χ1v) is 9.99. The van der Waals surface area contributed by atoms with Crippen LogP contribution in [0.2, 0.25) is 0 Å². The van der Waals surface area contributed by atoms with E-state index in [-0.39, 0.29) is 0 Å². The molecule has 2 aliphatic rings. The number of hydrogen-bond donors (Lipinski definition) is 0. The number of anilines is 1. The molecule has 0 aliphatic carbocycles. The average molecular weight is 415 g/mol. The molecule has 0 saturated carbocycles. The van der Waals surface area contributed by atoms with Crippen molar-refractivity contribution in [1.29, 1.82) is 5.26 Å². The van der Waals surface area contributed by atoms with Crippen LogP contribution >= 0.6 is 15.9 Å². The van der Waals surface area contributed by atoms with Gasteiger partial charge in [0.25, 0.3) is 10.2 Å². The zero-order valence-corrected chi connectivity index (χ0v) is 15.6. The maximum atomic E-state index is 12.7. The number of benzene rings is 1. The van der Waals surface area contributed by atoms with Gasteiger partial charge in [-0.15, -0.1) is 0 Å². The number of ether oxygens (including phenoxy) is 1. The molecule has 7 nitrogen and oxygen atoms in total. The maximum Gasteiger partial charge on any atom is 0.282 e. The van der Waals surface area contributed by atoms with Crippen LogP contribution in [0.3, 0.4) is 0 Å². The van der Waals surface area contributed by atoms with Gasteiger partial charge >= 0.3 is 0 Å². The van der Waals surface area contributed by atoms with Crippen LogP contribution in [0.4, 0.5) is 5.69 Å². The molecule has 0 unspecified atom stereocenters. The van der Waals surface area contributed by atoms with Crippen LogP contribution in [0.15, 0.2) is 22.7 Å². The van der Waals surface area contributed by atoms with Gasteiger partial charge in [-0.25, -0.2) is 0 Å². The topological polar surface area (TPSA) is 76.9 Å². The molecule has 130 valence electrons. The van der Waals surface area contributed by atoms with Crippen molar-refractivity contribution in [1.82, 2.24) is 8.61 Å². The molecule has 0 N–H and O–H groups in total. The Hall–Kier alpha value is -1.18. The van der Waals surface area contributed by atoms with Crippen LogP contribution in [-0.4, -0.2) is 69.5 Å². The Labute approximate surface area is 150 Å². The summed E-state index contributed by atoms with van der Waals surface area (Å²) in [6.45, 7) is 3.89. The molecule has 0 atom stereocenters. The lowest BCUT2D eigenvalue weighted by molar-refractivity contribution is 0.0700. The Morgan fingerprint density at radius 1 is 1.04 bits per heavy atom. The van der Waals surface area contributed by atoms with E-state index in [0.717, 1.165) is 10.2 Å². The number of halogens is 1. The van der Waals surface area contributed by atoms with Crippen LogP contribution in [0, 0.1) is 11.3 Å². The van der Waals surface area contributed by atoms with Crippen molar-refractivity contribution in [2.24, 2.45) is 0 Å². The van der Waals surface area contributed by atoms with Crippen molar-refractivity contribution in [2.45, 2.75) is 0 Å². The van der Waals surface area contributed by atoms with E-state index >= 15 is 0 Å². The standard InChI is InChI=1S/C15H19BrN4O3S/c16-14-11-13(12-17)1-2-15(14)18-3-5-19(6-4-18)24(21,22)20-7-9-23-10-8-20/h1-2,11H,3-10H2. The molecule has 24 heavy (non-hydrogen) atoms. The minimum atomic E-state index is -3.41. The van der Waals surface area contributed by atoms with E-state index in [0.29, 0.717) is 58.0 Å². The van der Waals surface area contributed by atoms with Gasteiger partial charge in [0.2, 0.25) is 0 Å². The molecule has 2 heterocycles. The van der Waals surface area contributed by atoms with Crippen LogP contribution in [0.5, 0.6) is 0 Å². The first-order valence-electron chi connectivity index (χ1n) is 7.80. The summed E-state index contributed by atoms with van der Waals surface area (Å²) < 4.78 is 34.5. The third-order valence-electron chi connectivity index (χ3n) is 4.28. The van der Waals surface area contributed by atoms with Crippen molar-refractivity contribution >= 4 is 31.8 Å². The van der Waals surface area contributed by atoms with Gasteiger partial charge in [-0.1, -0.05) is 0 Å². The van der Waals surface area contributed by atoms with Gasteiger partial charge in [-0.2, -0.15) is 22.3 Å². The molecule has 0 bridgehead atoms. The summed E-state index contributed by atoms with van der Waals surface area (Å²) in [5.74, 6) is 0. The van der Waals surface area contributed by atoms with Crippen LogP contribution < -0.4 is 4.90 Å². The van der Waals surface area contributed by atoms with Gasteiger partial charge < -0.3 is 9.64 Å². The summed E-state index contributed by atoms with van der Waals surface area (Å²) in [6.07, 6.45) is 0. The quantitative estimate of drug-likeness (QED) is 0.737. The van der Waals surface area contributed by atoms with Crippen molar-refractivity contribution in [3.05, 3.63) is 28.2 Å². The zero-order chi connectivity index (χ0) is 17.2. The molecule has 0 radical (unpaired) electrons. The Kier molecular flexibility index (Phi) is 5.42. The number of morpholine rings is 1. The summed E-state index contributed by atoms with van der Waals surface area (Å²) >= 11 is 3.49. The predicted octanol–water partition coefficient (Wildman–Crippen LogP) is 1.02. The van der Waals surface area contributed by atoms with E-state index in [9.17, 15) is 8.42 Å². The Balaban J connectivity index is 1.66. The molecule has 3 rings (SSSR count). The highest BCUT2D eigenvalue weighted by molar-refractivity contribution is 9.10. The first kappa shape index (κ1) is 17.6. The Bertz CT molecular complexity index is 736. The monoisotopic (exact) mass is 414 g/mol. The smallest absolute Gasteiger partial charge is 0.282 e. The van der Waals surface area contributed by atoms with Crippen molar-refractivity contribution in [3.63, 3.8) is 0 Å². The van der Waals surface area contributed by atoms with Gasteiger partial charge in [0, 0.05) is 43.7 Å². The molecule has 2 saturated heterocycles. The number of piperazine rings is 1. The number of hydrogen-bond acceptors (Lipinski definition) is 5.